The molecule has 0 fully saturated rings. The molecule has 0 atom stereocenters. The number of benzene rings is 1. The van der Waals surface area contributed by atoms with E-state index in [9.17, 15) is 0 Å². The van der Waals surface area contributed by atoms with Gasteiger partial charge in [0.1, 0.15) is 17.4 Å². The Hall–Kier alpha value is -2.32. The van der Waals surface area contributed by atoms with E-state index in [1.807, 2.05) is 36.7 Å². The molecular weight excluding hydrogens is 266 g/mol. The predicted molar refractivity (Wildman–Crippen MR) is 80.2 cm³/mol. The molecule has 0 saturated heterocycles. The van der Waals surface area contributed by atoms with E-state index >= 15 is 0 Å². The van der Waals surface area contributed by atoms with Crippen LogP contribution in [0.5, 0.6) is 5.75 Å². The third-order valence-corrected chi connectivity index (χ3v) is 3.02. The third-order valence-electron chi connectivity index (χ3n) is 3.02. The maximum Gasteiger partial charge on any atom is 0.147 e. The second-order valence-corrected chi connectivity index (χ2v) is 4.67. The van der Waals surface area contributed by atoms with E-state index in [1.54, 1.807) is 7.11 Å². The van der Waals surface area contributed by atoms with Gasteiger partial charge in [0.2, 0.25) is 0 Å². The number of aryl methyl sites for hydroxylation is 2. The van der Waals surface area contributed by atoms with Crippen molar-refractivity contribution in [3.8, 4) is 17.6 Å². The highest BCUT2D eigenvalue weighted by Gasteiger charge is 2.06. The Bertz CT molecular complexity index is 681. The van der Waals surface area contributed by atoms with Crippen molar-refractivity contribution in [2.24, 2.45) is 0 Å². The Morgan fingerprint density at radius 2 is 2.14 bits per heavy atom. The lowest BCUT2D eigenvalue weighted by Crippen LogP contribution is -2.04. The van der Waals surface area contributed by atoms with Crippen LogP contribution in [0.3, 0.4) is 0 Å². The number of aliphatic hydroxyl groups is 1. The van der Waals surface area contributed by atoms with E-state index in [0.29, 0.717) is 13.0 Å². The highest BCUT2D eigenvalue weighted by atomic mass is 16.5. The van der Waals surface area contributed by atoms with Gasteiger partial charge in [0.25, 0.3) is 0 Å². The van der Waals surface area contributed by atoms with Gasteiger partial charge < -0.3 is 9.84 Å². The summed E-state index contributed by atoms with van der Waals surface area (Å²) in [6.45, 7) is 4.52. The monoisotopic (exact) mass is 285 g/mol. The van der Waals surface area contributed by atoms with Gasteiger partial charge in [-0.1, -0.05) is 17.9 Å². The van der Waals surface area contributed by atoms with Crippen molar-refractivity contribution in [3.63, 3.8) is 0 Å². The summed E-state index contributed by atoms with van der Waals surface area (Å²) in [5, 5.41) is 13.2. The normalized spacial score (nSPS) is 10.1. The first-order valence-electron chi connectivity index (χ1n) is 6.78. The third kappa shape index (κ3) is 3.83. The summed E-state index contributed by atoms with van der Waals surface area (Å²) in [6, 6.07) is 5.88. The second-order valence-electron chi connectivity index (χ2n) is 4.67. The summed E-state index contributed by atoms with van der Waals surface area (Å²) in [4.78, 5) is 4.30. The first-order valence-corrected chi connectivity index (χ1v) is 6.78. The molecule has 0 unspecified atom stereocenters. The van der Waals surface area contributed by atoms with Gasteiger partial charge in [0, 0.05) is 6.42 Å². The summed E-state index contributed by atoms with van der Waals surface area (Å²) in [7, 11) is 1.62. The zero-order chi connectivity index (χ0) is 15.2. The number of ether oxygens (including phenoxy) is 1. The molecule has 1 heterocycles. The number of aromatic nitrogens is 3. The molecule has 0 spiro atoms. The lowest BCUT2D eigenvalue weighted by atomic mass is 10.1. The number of nitrogens with zero attached hydrogens (tertiary/aromatic N) is 3. The number of rotatable bonds is 4. The fraction of sp³-hybridized carbons (Fsp3) is 0.375. The molecule has 0 aliphatic carbocycles. The maximum atomic E-state index is 8.80. The van der Waals surface area contributed by atoms with E-state index in [0.717, 1.165) is 28.5 Å². The van der Waals surface area contributed by atoms with Crippen LogP contribution >= 0.6 is 0 Å². The SMILES string of the molecule is COc1ccc(Cn2nc(C)nc2C)cc1C#CCCO. The van der Waals surface area contributed by atoms with E-state index in [2.05, 4.69) is 21.9 Å². The summed E-state index contributed by atoms with van der Waals surface area (Å²) < 4.78 is 7.17. The molecule has 0 radical (unpaired) electrons. The topological polar surface area (TPSA) is 60.2 Å². The van der Waals surface area contributed by atoms with Crippen LogP contribution in [0.2, 0.25) is 0 Å². The average molecular weight is 285 g/mol. The summed E-state index contributed by atoms with van der Waals surface area (Å²) >= 11 is 0. The highest BCUT2D eigenvalue weighted by Crippen LogP contribution is 2.19. The Kier molecular flexibility index (Phi) is 4.96. The van der Waals surface area contributed by atoms with Crippen molar-refractivity contribution < 1.29 is 9.84 Å². The van der Waals surface area contributed by atoms with Gasteiger partial charge >= 0.3 is 0 Å². The van der Waals surface area contributed by atoms with Gasteiger partial charge in [-0.05, 0) is 31.5 Å². The summed E-state index contributed by atoms with van der Waals surface area (Å²) in [6.07, 6.45) is 0.453. The van der Waals surface area contributed by atoms with Gasteiger partial charge in [-0.25, -0.2) is 9.67 Å². The lowest BCUT2D eigenvalue weighted by Gasteiger charge is -2.07. The molecule has 0 saturated carbocycles. The number of methoxy groups -OCH3 is 1. The molecule has 5 nitrogen and oxygen atoms in total. The standard InChI is InChI=1S/C16H19N3O2/c1-12-17-13(2)19(18-12)11-14-7-8-16(21-3)15(10-14)6-4-5-9-20/h7-8,10,20H,5,9,11H2,1-3H3. The van der Waals surface area contributed by atoms with Crippen molar-refractivity contribution in [3.05, 3.63) is 41.0 Å². The van der Waals surface area contributed by atoms with Crippen molar-refractivity contribution >= 4 is 0 Å². The fourth-order valence-electron chi connectivity index (χ4n) is 2.05. The first kappa shape index (κ1) is 15.1. The number of hydrogen-bond acceptors (Lipinski definition) is 4. The van der Waals surface area contributed by atoms with E-state index in [4.69, 9.17) is 9.84 Å². The fourth-order valence-corrected chi connectivity index (χ4v) is 2.05. The molecule has 1 aromatic carbocycles. The Labute approximate surface area is 124 Å². The Morgan fingerprint density at radius 1 is 1.33 bits per heavy atom. The lowest BCUT2D eigenvalue weighted by molar-refractivity contribution is 0.305. The maximum absolute atomic E-state index is 8.80. The average Bonchev–Trinajstić information content (AvgIpc) is 2.77. The molecule has 0 aliphatic heterocycles. The highest BCUT2D eigenvalue weighted by molar-refractivity contribution is 5.48. The van der Waals surface area contributed by atoms with Crippen LogP contribution in [0, 0.1) is 25.7 Å². The molecule has 5 heteroatoms. The van der Waals surface area contributed by atoms with Crippen LogP contribution < -0.4 is 4.74 Å². The van der Waals surface area contributed by atoms with Crippen molar-refractivity contribution in [1.82, 2.24) is 14.8 Å². The summed E-state index contributed by atoms with van der Waals surface area (Å²) in [5.74, 6) is 8.33. The van der Waals surface area contributed by atoms with Crippen molar-refractivity contribution in [2.75, 3.05) is 13.7 Å². The molecule has 0 bridgehead atoms. The van der Waals surface area contributed by atoms with Gasteiger partial charge in [-0.15, -0.1) is 0 Å². The van der Waals surface area contributed by atoms with Gasteiger partial charge in [-0.2, -0.15) is 5.10 Å². The molecule has 0 aliphatic rings. The minimum Gasteiger partial charge on any atom is -0.495 e. The molecule has 0 amide bonds. The quantitative estimate of drug-likeness (QED) is 0.868. The van der Waals surface area contributed by atoms with Crippen LogP contribution in [0.4, 0.5) is 0 Å². The molecule has 1 N–H and O–H groups in total. The molecule has 2 aromatic rings. The van der Waals surface area contributed by atoms with Crippen LogP contribution in [0.25, 0.3) is 0 Å². The molecule has 2 rings (SSSR count). The number of aliphatic hydroxyl groups excluding tert-OH is 1. The Morgan fingerprint density at radius 3 is 2.76 bits per heavy atom. The summed E-state index contributed by atoms with van der Waals surface area (Å²) in [5.41, 5.74) is 1.90. The smallest absolute Gasteiger partial charge is 0.147 e. The Balaban J connectivity index is 2.27. The first-order chi connectivity index (χ1) is 10.1. The van der Waals surface area contributed by atoms with Crippen LogP contribution in [-0.4, -0.2) is 33.6 Å². The van der Waals surface area contributed by atoms with E-state index < -0.39 is 0 Å². The van der Waals surface area contributed by atoms with Crippen LogP contribution in [-0.2, 0) is 6.54 Å². The molecule has 110 valence electrons. The van der Waals surface area contributed by atoms with Crippen molar-refractivity contribution in [1.29, 1.82) is 0 Å². The second kappa shape index (κ2) is 6.91. The zero-order valence-corrected chi connectivity index (χ0v) is 12.6. The van der Waals surface area contributed by atoms with Gasteiger partial charge in [0.05, 0.1) is 25.8 Å². The zero-order valence-electron chi connectivity index (χ0n) is 12.6. The molecule has 1 aromatic heterocycles. The molecule has 21 heavy (non-hydrogen) atoms. The van der Waals surface area contributed by atoms with Gasteiger partial charge in [-0.3, -0.25) is 0 Å². The van der Waals surface area contributed by atoms with E-state index in [1.165, 1.54) is 0 Å². The van der Waals surface area contributed by atoms with Crippen molar-refractivity contribution in [2.45, 2.75) is 26.8 Å². The minimum absolute atomic E-state index is 0.0619. The minimum atomic E-state index is 0.0619. The van der Waals surface area contributed by atoms with E-state index in [-0.39, 0.29) is 6.61 Å². The van der Waals surface area contributed by atoms with Crippen LogP contribution in [0.1, 0.15) is 29.2 Å². The number of hydrogen-bond donors (Lipinski definition) is 1. The largest absolute Gasteiger partial charge is 0.495 e. The predicted octanol–water partition coefficient (Wildman–Crippen LogP) is 1.69. The molecular formula is C16H19N3O2. The van der Waals surface area contributed by atoms with Crippen LogP contribution in [0.15, 0.2) is 18.2 Å². The van der Waals surface area contributed by atoms with Gasteiger partial charge in [0.15, 0.2) is 0 Å².